The molecular weight excluding hydrogens is 358 g/mol. The number of para-hydroxylation sites is 1. The second kappa shape index (κ2) is 9.34. The largest absolute Gasteiger partial charge is 0.493 e. The number of amides is 3. The van der Waals surface area contributed by atoms with Gasteiger partial charge in [0.05, 0.1) is 5.52 Å². The van der Waals surface area contributed by atoms with E-state index in [-0.39, 0.29) is 23.9 Å². The number of carbonyl (C=O) groups is 2. The van der Waals surface area contributed by atoms with Gasteiger partial charge in [-0.2, -0.15) is 0 Å². The standard InChI is InChI=1S/C20H27N5O3/c1-2-25-16-10-7-6-9-15(16)18(19(25)27)24-23-17(26)11-5-3-4-8-14-12-13-21-20(28)22-14/h6-7,9-10,14,27H,2-5,8,11-13H2,1H3,(H2,21,22,28). The Kier molecular flexibility index (Phi) is 6.62. The fourth-order valence-electron chi connectivity index (χ4n) is 3.57. The lowest BCUT2D eigenvalue weighted by atomic mass is 10.0. The zero-order valence-corrected chi connectivity index (χ0v) is 16.1. The van der Waals surface area contributed by atoms with E-state index in [4.69, 9.17) is 0 Å². The van der Waals surface area contributed by atoms with Crippen molar-refractivity contribution in [3.05, 3.63) is 24.3 Å². The highest BCUT2D eigenvalue weighted by molar-refractivity contribution is 5.95. The fourth-order valence-corrected chi connectivity index (χ4v) is 3.57. The van der Waals surface area contributed by atoms with Crippen molar-refractivity contribution in [2.45, 2.75) is 58.0 Å². The highest BCUT2D eigenvalue weighted by Gasteiger charge is 2.17. The van der Waals surface area contributed by atoms with E-state index in [1.807, 2.05) is 31.2 Å². The zero-order chi connectivity index (χ0) is 19.9. The number of aryl methyl sites for hydroxylation is 1. The number of urea groups is 1. The average molecular weight is 385 g/mol. The highest BCUT2D eigenvalue weighted by Crippen LogP contribution is 2.38. The Morgan fingerprint density at radius 2 is 2.11 bits per heavy atom. The molecule has 1 fully saturated rings. The predicted octanol–water partition coefficient (Wildman–Crippen LogP) is 4.00. The van der Waals surface area contributed by atoms with Gasteiger partial charge >= 0.3 is 6.03 Å². The first-order chi connectivity index (χ1) is 13.6. The first kappa shape index (κ1) is 19.9. The Hall–Kier alpha value is -2.90. The van der Waals surface area contributed by atoms with Crippen LogP contribution in [0.25, 0.3) is 10.9 Å². The van der Waals surface area contributed by atoms with Gasteiger partial charge in [0.1, 0.15) is 0 Å². The molecule has 150 valence electrons. The van der Waals surface area contributed by atoms with Crippen LogP contribution in [0.5, 0.6) is 5.88 Å². The molecular formula is C20H27N5O3. The van der Waals surface area contributed by atoms with Crippen molar-refractivity contribution in [2.24, 2.45) is 10.2 Å². The molecule has 1 aliphatic heterocycles. The molecule has 0 aliphatic carbocycles. The Balaban J connectivity index is 1.47. The highest BCUT2D eigenvalue weighted by atomic mass is 16.3. The van der Waals surface area contributed by atoms with Gasteiger partial charge in [-0.3, -0.25) is 4.79 Å². The topological polar surface area (TPSA) is 108 Å². The SMILES string of the molecule is CCn1c(O)c(N=NC(=O)CCCCCC2CCNC(=O)N2)c2ccccc21. The van der Waals surface area contributed by atoms with Crippen LogP contribution < -0.4 is 10.6 Å². The molecule has 1 aliphatic rings. The summed E-state index contributed by atoms with van der Waals surface area (Å²) < 4.78 is 1.74. The molecule has 0 saturated carbocycles. The summed E-state index contributed by atoms with van der Waals surface area (Å²) in [5.41, 5.74) is 1.21. The van der Waals surface area contributed by atoms with Gasteiger partial charge in [0, 0.05) is 30.9 Å². The maximum atomic E-state index is 12.0. The first-order valence-corrected chi connectivity index (χ1v) is 9.89. The van der Waals surface area contributed by atoms with Gasteiger partial charge in [0.2, 0.25) is 5.88 Å². The summed E-state index contributed by atoms with van der Waals surface area (Å²) in [6.07, 6.45) is 4.79. The van der Waals surface area contributed by atoms with Gasteiger partial charge in [-0.05, 0) is 32.3 Å². The molecule has 28 heavy (non-hydrogen) atoms. The van der Waals surface area contributed by atoms with Crippen LogP contribution in [0.1, 0.15) is 45.4 Å². The van der Waals surface area contributed by atoms with Crippen LogP contribution in [0.4, 0.5) is 10.5 Å². The number of benzene rings is 1. The number of azo groups is 1. The van der Waals surface area contributed by atoms with Gasteiger partial charge in [0.25, 0.3) is 5.91 Å². The second-order valence-corrected chi connectivity index (χ2v) is 7.01. The van der Waals surface area contributed by atoms with E-state index in [1.54, 1.807) is 4.57 Å². The molecule has 8 heteroatoms. The van der Waals surface area contributed by atoms with Crippen molar-refractivity contribution in [2.75, 3.05) is 6.54 Å². The Labute approximate surface area is 164 Å². The number of fused-ring (bicyclic) bond motifs is 1. The fraction of sp³-hybridized carbons (Fsp3) is 0.500. The van der Waals surface area contributed by atoms with Crippen LogP contribution in [-0.2, 0) is 11.3 Å². The number of nitrogens with one attached hydrogen (secondary N) is 2. The Morgan fingerprint density at radius 1 is 1.29 bits per heavy atom. The number of aromatic hydroxyl groups is 1. The Morgan fingerprint density at radius 3 is 2.89 bits per heavy atom. The second-order valence-electron chi connectivity index (χ2n) is 7.01. The van der Waals surface area contributed by atoms with Crippen molar-refractivity contribution in [3.8, 4) is 5.88 Å². The molecule has 2 aromatic rings. The number of carbonyl (C=O) groups excluding carboxylic acids is 2. The lowest BCUT2D eigenvalue weighted by Gasteiger charge is -2.24. The summed E-state index contributed by atoms with van der Waals surface area (Å²) in [5, 5.41) is 24.6. The van der Waals surface area contributed by atoms with E-state index in [0.29, 0.717) is 18.7 Å². The predicted molar refractivity (Wildman–Crippen MR) is 107 cm³/mol. The molecule has 3 rings (SSSR count). The number of unbranched alkanes of at least 4 members (excludes halogenated alkanes) is 2. The average Bonchev–Trinajstić information content (AvgIpc) is 2.96. The normalized spacial score (nSPS) is 17.0. The van der Waals surface area contributed by atoms with E-state index < -0.39 is 0 Å². The van der Waals surface area contributed by atoms with Gasteiger partial charge in [-0.15, -0.1) is 10.2 Å². The van der Waals surface area contributed by atoms with Gasteiger partial charge in [-0.25, -0.2) is 4.79 Å². The van der Waals surface area contributed by atoms with Crippen molar-refractivity contribution >= 4 is 28.5 Å². The summed E-state index contributed by atoms with van der Waals surface area (Å²) in [6, 6.07) is 7.66. The molecule has 3 amide bonds. The van der Waals surface area contributed by atoms with E-state index in [0.717, 1.165) is 49.6 Å². The maximum Gasteiger partial charge on any atom is 0.315 e. The van der Waals surface area contributed by atoms with E-state index >= 15 is 0 Å². The molecule has 1 atom stereocenters. The molecule has 3 N–H and O–H groups in total. The summed E-state index contributed by atoms with van der Waals surface area (Å²) in [7, 11) is 0. The monoisotopic (exact) mass is 385 g/mol. The minimum absolute atomic E-state index is 0.0317. The summed E-state index contributed by atoms with van der Waals surface area (Å²) in [4.78, 5) is 23.3. The third-order valence-corrected chi connectivity index (χ3v) is 5.05. The van der Waals surface area contributed by atoms with Crippen LogP contribution in [0.15, 0.2) is 34.5 Å². The molecule has 1 aromatic carbocycles. The molecule has 0 bridgehead atoms. The van der Waals surface area contributed by atoms with Crippen molar-refractivity contribution < 1.29 is 14.7 Å². The molecule has 1 aromatic heterocycles. The number of hydrogen-bond acceptors (Lipinski definition) is 4. The third kappa shape index (κ3) is 4.68. The molecule has 1 unspecified atom stereocenters. The van der Waals surface area contributed by atoms with E-state index in [9.17, 15) is 14.7 Å². The molecule has 0 radical (unpaired) electrons. The lowest BCUT2D eigenvalue weighted by molar-refractivity contribution is -0.118. The van der Waals surface area contributed by atoms with Crippen LogP contribution in [0.2, 0.25) is 0 Å². The van der Waals surface area contributed by atoms with E-state index in [1.165, 1.54) is 0 Å². The van der Waals surface area contributed by atoms with Crippen molar-refractivity contribution in [1.82, 2.24) is 15.2 Å². The molecule has 2 heterocycles. The quantitative estimate of drug-likeness (QED) is 0.472. The molecule has 0 spiro atoms. The number of hydrogen-bond donors (Lipinski definition) is 3. The van der Waals surface area contributed by atoms with Gasteiger partial charge in [-0.1, -0.05) is 31.0 Å². The lowest BCUT2D eigenvalue weighted by Crippen LogP contribution is -2.49. The van der Waals surface area contributed by atoms with E-state index in [2.05, 4.69) is 20.9 Å². The summed E-state index contributed by atoms with van der Waals surface area (Å²) >= 11 is 0. The summed E-state index contributed by atoms with van der Waals surface area (Å²) in [5.74, 6) is -0.257. The van der Waals surface area contributed by atoms with Crippen LogP contribution in [-0.4, -0.2) is 34.2 Å². The number of rotatable bonds is 8. The van der Waals surface area contributed by atoms with Gasteiger partial charge in [0.15, 0.2) is 5.69 Å². The molecule has 1 saturated heterocycles. The minimum Gasteiger partial charge on any atom is -0.493 e. The third-order valence-electron chi connectivity index (χ3n) is 5.05. The first-order valence-electron chi connectivity index (χ1n) is 9.89. The zero-order valence-electron chi connectivity index (χ0n) is 16.1. The van der Waals surface area contributed by atoms with Crippen LogP contribution in [0, 0.1) is 0 Å². The number of aromatic nitrogens is 1. The van der Waals surface area contributed by atoms with Crippen molar-refractivity contribution in [3.63, 3.8) is 0 Å². The molecule has 8 nitrogen and oxygen atoms in total. The minimum atomic E-state index is -0.289. The smallest absolute Gasteiger partial charge is 0.315 e. The van der Waals surface area contributed by atoms with Crippen molar-refractivity contribution in [1.29, 1.82) is 0 Å². The summed E-state index contributed by atoms with van der Waals surface area (Å²) in [6.45, 7) is 3.26. The number of nitrogens with zero attached hydrogens (tertiary/aromatic N) is 3. The maximum absolute atomic E-state index is 12.0. The Bertz CT molecular complexity index is 874. The van der Waals surface area contributed by atoms with Crippen LogP contribution >= 0.6 is 0 Å². The van der Waals surface area contributed by atoms with Crippen LogP contribution in [0.3, 0.4) is 0 Å². The van der Waals surface area contributed by atoms with Gasteiger partial charge < -0.3 is 20.3 Å².